The number of halogens is 3. The number of aryl methyl sites for hydroxylation is 2. The molecule has 66 heavy (non-hydrogen) atoms. The summed E-state index contributed by atoms with van der Waals surface area (Å²) in [6.07, 6.45) is 8.29. The highest BCUT2D eigenvalue weighted by Crippen LogP contribution is 2.63. The summed E-state index contributed by atoms with van der Waals surface area (Å²) in [7, 11) is -0.598. The number of nitrogens with zero attached hydrogens (tertiary/aromatic N) is 8. The number of hydrogen-bond donors (Lipinski definition) is 2. The molecule has 3 atom stereocenters. The molecule has 5 fully saturated rings. The fourth-order valence-corrected chi connectivity index (χ4v) is 13.1. The normalized spacial score (nSPS) is 23.6. The quantitative estimate of drug-likeness (QED) is 0.160. The Bertz CT molecular complexity index is 3040. The van der Waals surface area contributed by atoms with Gasteiger partial charge < -0.3 is 10.2 Å². The van der Waals surface area contributed by atoms with Gasteiger partial charge >= 0.3 is 5.69 Å². The predicted octanol–water partition coefficient (Wildman–Crippen LogP) is 5.88. The molecule has 1 spiro atoms. The third-order valence-corrected chi connectivity index (χ3v) is 17.2. The molecule has 3 aliphatic heterocycles. The number of rotatable bonds is 10. The zero-order valence-electron chi connectivity index (χ0n) is 37.1. The number of fused-ring (bicyclic) bond motifs is 2. The summed E-state index contributed by atoms with van der Waals surface area (Å²) < 4.78 is 66.2. The lowest BCUT2D eigenvalue weighted by atomic mass is 9.94. The van der Waals surface area contributed by atoms with Gasteiger partial charge in [-0.1, -0.05) is 24.1 Å². The van der Waals surface area contributed by atoms with Crippen molar-refractivity contribution in [3.05, 3.63) is 80.1 Å². The van der Waals surface area contributed by atoms with E-state index in [0.717, 1.165) is 32.1 Å². The highest BCUT2D eigenvalue weighted by molar-refractivity contribution is 7.89. The van der Waals surface area contributed by atoms with E-state index in [4.69, 9.17) is 16.6 Å². The van der Waals surface area contributed by atoms with E-state index in [-0.39, 0.29) is 71.2 Å². The van der Waals surface area contributed by atoms with Crippen molar-refractivity contribution in [2.75, 3.05) is 50.0 Å². The monoisotopic (exact) mass is 946 g/mol. The van der Waals surface area contributed by atoms with Gasteiger partial charge in [-0.15, -0.1) is 0 Å². The molecule has 3 aromatic heterocycles. The number of sulfonamides is 1. The molecule has 0 radical (unpaired) electrons. The molecule has 2 aliphatic carbocycles. The molecule has 10 rings (SSSR count). The van der Waals surface area contributed by atoms with Crippen molar-refractivity contribution in [2.24, 2.45) is 18.4 Å². The van der Waals surface area contributed by atoms with Crippen LogP contribution in [0.4, 0.5) is 26.1 Å². The van der Waals surface area contributed by atoms with Crippen LogP contribution in [0.5, 0.6) is 0 Å². The molecule has 5 aromatic rings. The number of para-hydroxylation sites is 1. The zero-order chi connectivity index (χ0) is 46.4. The Balaban J connectivity index is 0.772. The van der Waals surface area contributed by atoms with Crippen molar-refractivity contribution in [3.63, 3.8) is 0 Å². The van der Waals surface area contributed by atoms with E-state index in [1.54, 1.807) is 84.0 Å². The minimum atomic E-state index is -3.86. The highest BCUT2D eigenvalue weighted by atomic mass is 35.5. The maximum Gasteiger partial charge on any atom is 0.329 e. The van der Waals surface area contributed by atoms with Crippen molar-refractivity contribution in [1.29, 1.82) is 0 Å². The molecule has 5 aliphatic rings. The van der Waals surface area contributed by atoms with Crippen molar-refractivity contribution in [2.45, 2.75) is 100 Å². The maximum atomic E-state index is 16.2. The van der Waals surface area contributed by atoms with E-state index in [2.05, 4.69) is 15.6 Å². The lowest BCUT2D eigenvalue weighted by molar-refractivity contribution is -0.135. The summed E-state index contributed by atoms with van der Waals surface area (Å²) in [5.74, 6) is -3.79. The molecule has 2 amide bonds. The minimum Gasteiger partial charge on any atom is -0.364 e. The van der Waals surface area contributed by atoms with E-state index >= 15 is 8.78 Å². The lowest BCUT2D eigenvalue weighted by Crippen LogP contribution is -2.58. The standard InChI is InChI=1S/C46H53ClF2N10O6S/c1-27-22-30(9-10-32(27)51-43-50-24-29-23-31(47)42(62)59(40(29)53-43)36-8-5-16-45(36)17-18-45)66(64,65)57-20-13-28(14-21-57)25-54(2)37-15-19-56(26-46(37,48)49)33-6-4-7-34-39(33)55(3)44(63)58(34)35-11-12-38(60)52-41(35)61/h4,6-7,9-10,22-24,28,35-37H,5,8,11-21,25-26H2,1-3H3,(H,50,51,53)(H,52,60,61). The Morgan fingerprint density at radius 2 is 1.74 bits per heavy atom. The number of carbonyl (C=O) groups is 2. The Morgan fingerprint density at radius 3 is 2.45 bits per heavy atom. The molecular weight excluding hydrogens is 894 g/mol. The van der Waals surface area contributed by atoms with Crippen LogP contribution in [0.25, 0.3) is 22.1 Å². The van der Waals surface area contributed by atoms with Gasteiger partial charge in [0.2, 0.25) is 27.8 Å². The SMILES string of the molecule is Cc1cc(S(=O)(=O)N2CCC(CN(C)C3CCN(c4cccc5c4n(C)c(=O)n5C4CCC(=O)NC4=O)CC3(F)F)CC2)ccc1Nc1ncc2cc(Cl)c(=O)n(C3CCCC34CC4)c2n1. The number of pyridine rings is 1. The van der Waals surface area contributed by atoms with Crippen LogP contribution < -0.4 is 26.8 Å². The van der Waals surface area contributed by atoms with Crippen molar-refractivity contribution in [1.82, 2.24) is 38.2 Å². The first-order chi connectivity index (χ1) is 31.5. The smallest absolute Gasteiger partial charge is 0.329 e. The summed E-state index contributed by atoms with van der Waals surface area (Å²) in [5.41, 5.74) is 2.56. The number of nitrogens with one attached hydrogen (secondary N) is 2. The summed E-state index contributed by atoms with van der Waals surface area (Å²) in [4.78, 5) is 64.2. The van der Waals surface area contributed by atoms with Crippen molar-refractivity contribution < 1.29 is 26.8 Å². The van der Waals surface area contributed by atoms with E-state index in [9.17, 15) is 27.6 Å². The molecule has 16 nitrogen and oxygen atoms in total. The van der Waals surface area contributed by atoms with Gasteiger partial charge in [0.25, 0.3) is 11.5 Å². The number of imidazole rings is 1. The van der Waals surface area contributed by atoms with Gasteiger partial charge in [-0.05, 0) is 119 Å². The van der Waals surface area contributed by atoms with Crippen LogP contribution in [0.15, 0.2) is 63.1 Å². The molecule has 3 saturated heterocycles. The van der Waals surface area contributed by atoms with Crippen LogP contribution in [0, 0.1) is 18.3 Å². The van der Waals surface area contributed by atoms with E-state index in [1.807, 2.05) is 0 Å². The van der Waals surface area contributed by atoms with Gasteiger partial charge in [0.15, 0.2) is 0 Å². The van der Waals surface area contributed by atoms with E-state index in [1.165, 1.54) is 13.4 Å². The maximum absolute atomic E-state index is 16.2. The second-order valence-corrected chi connectivity index (χ2v) is 21.5. The Hall–Kier alpha value is -5.24. The van der Waals surface area contributed by atoms with Crippen molar-refractivity contribution in [3.8, 4) is 0 Å². The molecule has 0 bridgehead atoms. The largest absolute Gasteiger partial charge is 0.364 e. The molecule has 3 unspecified atom stereocenters. The Labute approximate surface area is 385 Å². The van der Waals surface area contributed by atoms with Gasteiger partial charge in [-0.2, -0.15) is 9.29 Å². The topological polar surface area (TPSA) is 177 Å². The zero-order valence-corrected chi connectivity index (χ0v) is 38.7. The number of imide groups is 1. The first-order valence-corrected chi connectivity index (χ1v) is 24.6. The van der Waals surface area contributed by atoms with Gasteiger partial charge in [0, 0.05) is 63.0 Å². The number of piperidine rings is 3. The fourth-order valence-electron chi connectivity index (χ4n) is 11.4. The van der Waals surface area contributed by atoms with E-state index in [0.29, 0.717) is 64.9 Å². The second-order valence-electron chi connectivity index (χ2n) is 19.1. The van der Waals surface area contributed by atoms with E-state index < -0.39 is 52.1 Å². The first-order valence-electron chi connectivity index (χ1n) is 22.8. The highest BCUT2D eigenvalue weighted by Gasteiger charge is 2.53. The van der Waals surface area contributed by atoms with Crippen LogP contribution in [-0.4, -0.2) is 105 Å². The number of anilines is 3. The average molecular weight is 948 g/mol. The molecule has 20 heteroatoms. The summed E-state index contributed by atoms with van der Waals surface area (Å²) in [5, 5.41) is 6.34. The summed E-state index contributed by atoms with van der Waals surface area (Å²) in [6, 6.07) is 9.65. The van der Waals surface area contributed by atoms with Gasteiger partial charge in [0.1, 0.15) is 16.7 Å². The number of hydrogen-bond acceptors (Lipinski definition) is 11. The predicted molar refractivity (Wildman–Crippen MR) is 246 cm³/mol. The number of alkyl halides is 2. The fraction of sp³-hybridized carbons (Fsp3) is 0.522. The van der Waals surface area contributed by atoms with Crippen LogP contribution in [-0.2, 0) is 26.7 Å². The summed E-state index contributed by atoms with van der Waals surface area (Å²) >= 11 is 6.40. The molecule has 2 saturated carbocycles. The number of carbonyl (C=O) groups excluding carboxylic acids is 2. The lowest BCUT2D eigenvalue weighted by Gasteiger charge is -2.44. The Morgan fingerprint density at radius 1 is 0.970 bits per heavy atom. The molecule has 6 heterocycles. The average Bonchev–Trinajstić information content (AvgIpc) is 3.88. The molecule has 350 valence electrons. The number of aromatic nitrogens is 5. The van der Waals surface area contributed by atoms with Crippen molar-refractivity contribution >= 4 is 72.8 Å². The van der Waals surface area contributed by atoms with Gasteiger partial charge in [0.05, 0.1) is 34.2 Å². The van der Waals surface area contributed by atoms with Crippen LogP contribution in [0.2, 0.25) is 5.02 Å². The minimum absolute atomic E-state index is 0.0109. The molecule has 2 aromatic carbocycles. The Kier molecular flexibility index (Phi) is 11.2. The van der Waals surface area contributed by atoms with Crippen LogP contribution in [0.3, 0.4) is 0 Å². The third-order valence-electron chi connectivity index (χ3n) is 15.0. The van der Waals surface area contributed by atoms with Crippen LogP contribution in [0.1, 0.15) is 81.9 Å². The first kappa shape index (κ1) is 44.6. The van der Waals surface area contributed by atoms with Gasteiger partial charge in [-0.3, -0.25) is 38.3 Å². The molecular formula is C46H53ClF2N10O6S. The third kappa shape index (κ3) is 7.68. The summed E-state index contributed by atoms with van der Waals surface area (Å²) in [6.45, 7) is 2.44. The number of amides is 2. The van der Waals surface area contributed by atoms with Gasteiger partial charge in [-0.25, -0.2) is 27.0 Å². The number of benzene rings is 2. The second kappa shape index (κ2) is 16.5. The molecule has 2 N–H and O–H groups in total. The van der Waals surface area contributed by atoms with Crippen LogP contribution >= 0.6 is 11.6 Å².